The number of aliphatic hydroxyl groups is 1. The van der Waals surface area contributed by atoms with Crippen LogP contribution in [0.5, 0.6) is 0 Å². The van der Waals surface area contributed by atoms with Gasteiger partial charge in [0, 0.05) is 18.4 Å². The van der Waals surface area contributed by atoms with Gasteiger partial charge in [0.1, 0.15) is 26.2 Å². The second-order valence-electron chi connectivity index (χ2n) is 3.96. The van der Waals surface area contributed by atoms with Gasteiger partial charge < -0.3 is 30.1 Å². The van der Waals surface area contributed by atoms with Crippen molar-refractivity contribution in [3.63, 3.8) is 0 Å². The molecule has 1 rings (SSSR count). The van der Waals surface area contributed by atoms with Crippen LogP contribution in [-0.2, 0) is 14.0 Å². The minimum absolute atomic E-state index is 0.338. The Bertz CT molecular complexity index is 335. The summed E-state index contributed by atoms with van der Waals surface area (Å²) in [6.45, 7) is 0.796. The Morgan fingerprint density at radius 3 is 2.72 bits per heavy atom. The summed E-state index contributed by atoms with van der Waals surface area (Å²) in [7, 11) is 1.33. The molecule has 1 heterocycles. The number of hydrogen-bond donors (Lipinski definition) is 4. The molecule has 0 amide bonds. The Labute approximate surface area is 107 Å². The average Bonchev–Trinajstić information content (AvgIpc) is 2.53. The molecule has 5 N–H and O–H groups in total. The van der Waals surface area contributed by atoms with Gasteiger partial charge in [0.2, 0.25) is 0 Å². The minimum atomic E-state index is -4.28. The van der Waals surface area contributed by atoms with Crippen LogP contribution < -0.4 is 5.73 Å². The summed E-state index contributed by atoms with van der Waals surface area (Å²) < 4.78 is 21.1. The summed E-state index contributed by atoms with van der Waals surface area (Å²) in [4.78, 5) is 17.4. The molecule has 0 spiro atoms. The predicted octanol–water partition coefficient (Wildman–Crippen LogP) is -1.33. The van der Waals surface area contributed by atoms with Gasteiger partial charge in [-0.25, -0.2) is 0 Å². The van der Waals surface area contributed by atoms with E-state index in [1.165, 1.54) is 0 Å². The number of rotatable bonds is 6. The molecule has 7 nitrogen and oxygen atoms in total. The van der Waals surface area contributed by atoms with E-state index in [2.05, 4.69) is 0 Å². The third-order valence-electron chi connectivity index (χ3n) is 2.44. The lowest BCUT2D eigenvalue weighted by molar-refractivity contribution is -0.0196. The molecule has 9 heteroatoms. The van der Waals surface area contributed by atoms with Crippen molar-refractivity contribution in [1.82, 2.24) is 0 Å². The molecule has 0 aliphatic carbocycles. The molecule has 1 fully saturated rings. The largest absolute Gasteiger partial charge is 0.387 e. The minimum Gasteiger partial charge on any atom is -0.387 e. The first kappa shape index (κ1) is 15.9. The normalized spacial score (nSPS) is 33.3. The second kappa shape index (κ2) is 6.82. The van der Waals surface area contributed by atoms with Gasteiger partial charge in [0.15, 0.2) is 0 Å². The average molecular weight is 277 g/mol. The number of nitrogens with two attached hydrogens (primary N) is 1. The highest BCUT2D eigenvalue weighted by Gasteiger charge is 2.40. The van der Waals surface area contributed by atoms with E-state index < -0.39 is 31.9 Å². The summed E-state index contributed by atoms with van der Waals surface area (Å²) in [5.41, 5.74) is 5.30. The smallest absolute Gasteiger partial charge is 0.348 e. The first-order valence-corrected chi connectivity index (χ1v) is 7.18. The van der Waals surface area contributed by atoms with Crippen molar-refractivity contribution >= 4 is 15.4 Å². The molecule has 1 saturated heterocycles. The fourth-order valence-corrected chi connectivity index (χ4v) is 1.97. The van der Waals surface area contributed by atoms with Crippen LogP contribution >= 0.6 is 7.60 Å². The van der Waals surface area contributed by atoms with Crippen LogP contribution in [0.2, 0.25) is 0 Å². The molecule has 1 aliphatic heterocycles. The van der Waals surface area contributed by atoms with Gasteiger partial charge in [-0.3, -0.25) is 4.57 Å². The summed E-state index contributed by atoms with van der Waals surface area (Å²) in [6.07, 6.45) is -0.977. The second-order valence-corrected chi connectivity index (χ2v) is 5.44. The van der Waals surface area contributed by atoms with Crippen LogP contribution in [0.3, 0.4) is 0 Å². The number of ether oxygens (including phenoxy) is 2. The molecular weight excluding hydrogens is 260 g/mol. The molecule has 1 aliphatic rings. The molecule has 0 bridgehead atoms. The van der Waals surface area contributed by atoms with Gasteiger partial charge in [0.05, 0.1) is 0 Å². The van der Waals surface area contributed by atoms with Crippen molar-refractivity contribution in [2.45, 2.75) is 30.7 Å². The van der Waals surface area contributed by atoms with E-state index in [1.807, 2.05) is 0 Å². The van der Waals surface area contributed by atoms with E-state index in [-0.39, 0.29) is 0 Å². The van der Waals surface area contributed by atoms with E-state index in [4.69, 9.17) is 32.8 Å². The van der Waals surface area contributed by atoms with Gasteiger partial charge in [-0.2, -0.15) is 0 Å². The summed E-state index contributed by atoms with van der Waals surface area (Å²) >= 11 is 0. The van der Waals surface area contributed by atoms with Gasteiger partial charge in [0.25, 0.3) is 0 Å². The topological polar surface area (TPSA) is 122 Å². The molecule has 0 aromatic heterocycles. The SMILES string of the molecule is [B][C@@H]1O[C@H](/C=C/P(=O)(O)O)[C@H](O)C1OCCCN. The maximum absolute atomic E-state index is 10.7. The van der Waals surface area contributed by atoms with Crippen molar-refractivity contribution < 1.29 is 28.9 Å². The standard InChI is InChI=1S/C9H17BNO6P/c10-9-8(16-4-1-3-11)7(12)6(17-9)2-5-18(13,14)15/h2,5-9,12H,1,3-4,11H2,(H2,13,14,15)/b5-2+/t6-,7+,8?,9-/m1/s1. The van der Waals surface area contributed by atoms with E-state index in [1.54, 1.807) is 0 Å². The zero-order chi connectivity index (χ0) is 13.8. The van der Waals surface area contributed by atoms with Gasteiger partial charge in [-0.1, -0.05) is 0 Å². The third-order valence-corrected chi connectivity index (χ3v) is 3.00. The lowest BCUT2D eigenvalue weighted by Gasteiger charge is -2.18. The summed E-state index contributed by atoms with van der Waals surface area (Å²) in [5, 5.41) is 9.85. The quantitative estimate of drug-likeness (QED) is 0.269. The van der Waals surface area contributed by atoms with Crippen LogP contribution in [0.15, 0.2) is 11.9 Å². The molecule has 0 saturated carbocycles. The Hall–Kier alpha value is -0.205. The number of hydrogen-bond acceptors (Lipinski definition) is 5. The molecule has 1 unspecified atom stereocenters. The predicted molar refractivity (Wildman–Crippen MR) is 65.0 cm³/mol. The molecule has 4 atom stereocenters. The van der Waals surface area contributed by atoms with Gasteiger partial charge >= 0.3 is 7.60 Å². The van der Waals surface area contributed by atoms with E-state index in [9.17, 15) is 9.67 Å². The zero-order valence-corrected chi connectivity index (χ0v) is 10.6. The van der Waals surface area contributed by atoms with Crippen molar-refractivity contribution in [2.24, 2.45) is 5.73 Å². The Balaban J connectivity index is 2.55. The van der Waals surface area contributed by atoms with Crippen LogP contribution in [0.1, 0.15) is 6.42 Å². The van der Waals surface area contributed by atoms with E-state index >= 15 is 0 Å². The Morgan fingerprint density at radius 2 is 2.17 bits per heavy atom. The molecule has 0 aromatic carbocycles. The maximum Gasteiger partial charge on any atom is 0.348 e. The van der Waals surface area contributed by atoms with Gasteiger partial charge in [-0.15, -0.1) is 0 Å². The monoisotopic (exact) mass is 277 g/mol. The first-order chi connectivity index (χ1) is 8.35. The zero-order valence-electron chi connectivity index (χ0n) is 9.75. The van der Waals surface area contributed by atoms with Gasteiger partial charge in [-0.05, 0) is 19.0 Å². The van der Waals surface area contributed by atoms with Crippen LogP contribution in [0, 0.1) is 0 Å². The van der Waals surface area contributed by atoms with Crippen LogP contribution in [-0.4, -0.2) is 60.2 Å². The molecule has 102 valence electrons. The fraction of sp³-hybridized carbons (Fsp3) is 0.778. The lowest BCUT2D eigenvalue weighted by Crippen LogP contribution is -2.35. The molecule has 2 radical (unpaired) electrons. The van der Waals surface area contributed by atoms with E-state index in [0.29, 0.717) is 25.4 Å². The van der Waals surface area contributed by atoms with Crippen molar-refractivity contribution in [3.8, 4) is 0 Å². The highest BCUT2D eigenvalue weighted by atomic mass is 31.2. The van der Waals surface area contributed by atoms with Crippen molar-refractivity contribution in [1.29, 1.82) is 0 Å². The van der Waals surface area contributed by atoms with Crippen molar-refractivity contribution in [3.05, 3.63) is 11.9 Å². The van der Waals surface area contributed by atoms with Crippen LogP contribution in [0.4, 0.5) is 0 Å². The molecular formula is C9H17BNO6P. The Kier molecular flexibility index (Phi) is 6.00. The van der Waals surface area contributed by atoms with Crippen LogP contribution in [0.25, 0.3) is 0 Å². The maximum atomic E-state index is 10.7. The fourth-order valence-electron chi connectivity index (χ4n) is 1.57. The molecule has 18 heavy (non-hydrogen) atoms. The van der Waals surface area contributed by atoms with Crippen molar-refractivity contribution in [2.75, 3.05) is 13.2 Å². The third kappa shape index (κ3) is 4.82. The lowest BCUT2D eigenvalue weighted by atomic mass is 9.93. The first-order valence-electron chi connectivity index (χ1n) is 5.50. The van der Waals surface area contributed by atoms with E-state index in [0.717, 1.165) is 6.08 Å². The summed E-state index contributed by atoms with van der Waals surface area (Å²) in [5.74, 6) is 0.676. The number of aliphatic hydroxyl groups excluding tert-OH is 1. The highest BCUT2D eigenvalue weighted by molar-refractivity contribution is 7.55. The molecule has 0 aromatic rings. The Morgan fingerprint density at radius 1 is 1.50 bits per heavy atom. The highest BCUT2D eigenvalue weighted by Crippen LogP contribution is 2.37. The summed E-state index contributed by atoms with van der Waals surface area (Å²) in [6, 6.07) is -0.843.